The predicted molar refractivity (Wildman–Crippen MR) is 67.0 cm³/mol. The maximum atomic E-state index is 12.9. The molecular formula is C11H12F2INO2. The van der Waals surface area contributed by atoms with E-state index in [0.29, 0.717) is 9.26 Å². The van der Waals surface area contributed by atoms with Gasteiger partial charge in [-0.2, -0.15) is 0 Å². The van der Waals surface area contributed by atoms with E-state index in [1.807, 2.05) is 22.6 Å². The van der Waals surface area contributed by atoms with Gasteiger partial charge in [0.15, 0.2) is 0 Å². The summed E-state index contributed by atoms with van der Waals surface area (Å²) in [4.78, 5) is 15.3. The number of alkyl halides is 2. The molecule has 3 nitrogen and oxygen atoms in total. The molecule has 0 amide bonds. The van der Waals surface area contributed by atoms with Crippen molar-refractivity contribution in [3.63, 3.8) is 0 Å². The third-order valence-corrected chi connectivity index (χ3v) is 2.94. The van der Waals surface area contributed by atoms with Crippen LogP contribution in [0.5, 0.6) is 0 Å². The van der Waals surface area contributed by atoms with Crippen molar-refractivity contribution in [3.8, 4) is 0 Å². The summed E-state index contributed by atoms with van der Waals surface area (Å²) in [5.74, 6) is -0.539. The van der Waals surface area contributed by atoms with Gasteiger partial charge < -0.3 is 4.74 Å². The molecule has 0 aliphatic rings. The van der Waals surface area contributed by atoms with E-state index < -0.39 is 12.4 Å². The van der Waals surface area contributed by atoms with Gasteiger partial charge in [0.05, 0.1) is 24.3 Å². The lowest BCUT2D eigenvalue weighted by molar-refractivity contribution is -0.142. The largest absolute Gasteiger partial charge is 0.466 e. The number of rotatable bonds is 4. The molecule has 0 saturated carbocycles. The van der Waals surface area contributed by atoms with Crippen molar-refractivity contribution in [2.24, 2.45) is 0 Å². The predicted octanol–water partition coefficient (Wildman–Crippen LogP) is 3.04. The first-order valence-electron chi connectivity index (χ1n) is 5.05. The molecule has 0 saturated heterocycles. The monoisotopic (exact) mass is 355 g/mol. The smallest absolute Gasteiger partial charge is 0.311 e. The Morgan fingerprint density at radius 2 is 2.24 bits per heavy atom. The first-order valence-corrected chi connectivity index (χ1v) is 6.13. The van der Waals surface area contributed by atoms with Gasteiger partial charge in [0.2, 0.25) is 0 Å². The number of ether oxygens (including phenoxy) is 1. The van der Waals surface area contributed by atoms with E-state index in [0.717, 1.165) is 0 Å². The number of hydrogen-bond acceptors (Lipinski definition) is 3. The molecule has 0 unspecified atom stereocenters. The van der Waals surface area contributed by atoms with Crippen molar-refractivity contribution in [2.75, 3.05) is 6.61 Å². The van der Waals surface area contributed by atoms with Crippen molar-refractivity contribution in [2.45, 2.75) is 26.7 Å². The maximum Gasteiger partial charge on any atom is 0.311 e. The van der Waals surface area contributed by atoms with Gasteiger partial charge in [0.1, 0.15) is 0 Å². The van der Waals surface area contributed by atoms with Crippen LogP contribution in [0.25, 0.3) is 0 Å². The van der Waals surface area contributed by atoms with Crippen LogP contribution in [-0.4, -0.2) is 17.6 Å². The summed E-state index contributed by atoms with van der Waals surface area (Å²) in [6.45, 7) is 3.59. The number of carbonyl (C=O) groups excluding carboxylic acids is 1. The molecule has 1 aromatic heterocycles. The fraction of sp³-hybridized carbons (Fsp3) is 0.455. The van der Waals surface area contributed by atoms with Crippen molar-refractivity contribution >= 4 is 28.6 Å². The Kier molecular flexibility index (Phi) is 5.23. The third kappa shape index (κ3) is 3.86. The Morgan fingerprint density at radius 1 is 1.59 bits per heavy atom. The van der Waals surface area contributed by atoms with Gasteiger partial charge in [-0.25, -0.2) is 8.78 Å². The Balaban J connectivity index is 3.08. The summed E-state index contributed by atoms with van der Waals surface area (Å²) in [6.07, 6.45) is -2.86. The molecule has 0 atom stereocenters. The summed E-state index contributed by atoms with van der Waals surface area (Å²) in [6, 6.07) is 1.57. The zero-order valence-electron chi connectivity index (χ0n) is 9.47. The molecule has 0 bridgehead atoms. The second-order valence-electron chi connectivity index (χ2n) is 3.39. The number of aromatic nitrogens is 1. The first-order chi connectivity index (χ1) is 7.95. The van der Waals surface area contributed by atoms with E-state index in [-0.39, 0.29) is 24.3 Å². The molecule has 1 heterocycles. The van der Waals surface area contributed by atoms with Crippen LogP contribution in [-0.2, 0) is 16.0 Å². The highest BCUT2D eigenvalue weighted by Crippen LogP contribution is 2.28. The summed E-state index contributed by atoms with van der Waals surface area (Å²) in [5, 5.41) is 0. The molecule has 0 aliphatic heterocycles. The van der Waals surface area contributed by atoms with Gasteiger partial charge in [-0.3, -0.25) is 9.78 Å². The maximum absolute atomic E-state index is 12.9. The molecule has 0 fully saturated rings. The zero-order chi connectivity index (χ0) is 13.0. The second-order valence-corrected chi connectivity index (χ2v) is 4.55. The van der Waals surface area contributed by atoms with Crippen LogP contribution in [0.2, 0.25) is 0 Å². The first kappa shape index (κ1) is 14.3. The van der Waals surface area contributed by atoms with E-state index in [9.17, 15) is 13.6 Å². The van der Waals surface area contributed by atoms with Crippen molar-refractivity contribution in [3.05, 3.63) is 26.6 Å². The molecule has 0 aromatic carbocycles. The fourth-order valence-corrected chi connectivity index (χ4v) is 2.42. The number of pyridine rings is 1. The molecule has 6 heteroatoms. The molecule has 1 rings (SSSR count). The quantitative estimate of drug-likeness (QED) is 0.616. The van der Waals surface area contributed by atoms with Crippen LogP contribution < -0.4 is 0 Å². The van der Waals surface area contributed by atoms with Crippen LogP contribution in [0.4, 0.5) is 8.78 Å². The third-order valence-electron chi connectivity index (χ3n) is 2.05. The highest BCUT2D eigenvalue weighted by atomic mass is 127. The average molecular weight is 355 g/mol. The highest BCUT2D eigenvalue weighted by Gasteiger charge is 2.21. The van der Waals surface area contributed by atoms with Crippen LogP contribution in [0, 0.1) is 10.5 Å². The van der Waals surface area contributed by atoms with Crippen LogP contribution >= 0.6 is 22.6 Å². The minimum atomic E-state index is -2.64. The Labute approximate surface area is 112 Å². The lowest BCUT2D eigenvalue weighted by Gasteiger charge is -2.11. The second kappa shape index (κ2) is 6.23. The van der Waals surface area contributed by atoms with Gasteiger partial charge in [0.25, 0.3) is 6.43 Å². The molecule has 0 N–H and O–H groups in total. The number of hydrogen-bond donors (Lipinski definition) is 0. The molecule has 0 radical (unpaired) electrons. The average Bonchev–Trinajstić information content (AvgIpc) is 2.15. The Morgan fingerprint density at radius 3 is 2.76 bits per heavy atom. The zero-order valence-corrected chi connectivity index (χ0v) is 11.6. The number of esters is 1. The molecule has 1 aromatic rings. The summed E-state index contributed by atoms with van der Waals surface area (Å²) < 4.78 is 30.9. The van der Waals surface area contributed by atoms with E-state index in [2.05, 4.69) is 4.98 Å². The van der Waals surface area contributed by atoms with E-state index in [1.54, 1.807) is 19.9 Å². The summed E-state index contributed by atoms with van der Waals surface area (Å²) in [5.41, 5.74) is 0.533. The van der Waals surface area contributed by atoms with Crippen LogP contribution in [0.1, 0.15) is 30.3 Å². The molecule has 17 heavy (non-hydrogen) atoms. The Bertz CT molecular complexity index is 424. The standard InChI is InChI=1S/C11H12F2INO2/c1-3-17-9(16)5-8-10(11(12)13)7(14)4-6(2)15-8/h4,11H,3,5H2,1-2H3. The molecule has 94 valence electrons. The van der Waals surface area contributed by atoms with Gasteiger partial charge in [0, 0.05) is 9.26 Å². The number of carbonyl (C=O) groups is 1. The van der Waals surface area contributed by atoms with Gasteiger partial charge in [-0.15, -0.1) is 0 Å². The van der Waals surface area contributed by atoms with Crippen molar-refractivity contribution < 1.29 is 18.3 Å². The van der Waals surface area contributed by atoms with Crippen LogP contribution in [0.15, 0.2) is 6.07 Å². The lowest BCUT2D eigenvalue weighted by atomic mass is 10.1. The minimum absolute atomic E-state index is 0.0999. The van der Waals surface area contributed by atoms with Crippen molar-refractivity contribution in [1.82, 2.24) is 4.98 Å². The lowest BCUT2D eigenvalue weighted by Crippen LogP contribution is -2.12. The Hall–Kier alpha value is -0.790. The molecule has 0 spiro atoms. The van der Waals surface area contributed by atoms with Crippen LogP contribution in [0.3, 0.4) is 0 Å². The molecular weight excluding hydrogens is 343 g/mol. The van der Waals surface area contributed by atoms with Gasteiger partial charge >= 0.3 is 5.97 Å². The van der Waals surface area contributed by atoms with Crippen molar-refractivity contribution in [1.29, 1.82) is 0 Å². The topological polar surface area (TPSA) is 39.2 Å². The van der Waals surface area contributed by atoms with E-state index >= 15 is 0 Å². The number of nitrogens with zero attached hydrogens (tertiary/aromatic N) is 1. The minimum Gasteiger partial charge on any atom is -0.466 e. The van der Waals surface area contributed by atoms with Gasteiger partial charge in [-0.1, -0.05) is 0 Å². The number of aryl methyl sites for hydroxylation is 1. The van der Waals surface area contributed by atoms with Gasteiger partial charge in [-0.05, 0) is 42.5 Å². The summed E-state index contributed by atoms with van der Waals surface area (Å²) in [7, 11) is 0. The van der Waals surface area contributed by atoms with E-state index in [4.69, 9.17) is 4.74 Å². The van der Waals surface area contributed by atoms with E-state index in [1.165, 1.54) is 0 Å². The highest BCUT2D eigenvalue weighted by molar-refractivity contribution is 14.1. The summed E-state index contributed by atoms with van der Waals surface area (Å²) >= 11 is 1.82. The fourth-order valence-electron chi connectivity index (χ4n) is 1.42. The number of halogens is 3. The normalized spacial score (nSPS) is 10.7. The SMILES string of the molecule is CCOC(=O)Cc1nc(C)cc(I)c1C(F)F. The molecule has 0 aliphatic carbocycles.